The first-order valence-electron chi connectivity index (χ1n) is 5.90. The Morgan fingerprint density at radius 3 is 2.29 bits per heavy atom. The molecule has 1 aromatic carbocycles. The Bertz CT molecular complexity index is 792. The molecule has 0 bridgehead atoms. The standard InChI is InChI=1S/C13H12N2O4S2/c1-8(16)10-3-5-11(6-4-10)21(18,19)15-13(17)12-7-20-9(2)14-12/h3-7H,1-2H3,(H,15,17). The molecule has 6 nitrogen and oxygen atoms in total. The fourth-order valence-electron chi connectivity index (χ4n) is 1.57. The van der Waals surface area contributed by atoms with Crippen LogP contribution in [0.1, 0.15) is 32.8 Å². The number of amides is 1. The zero-order valence-corrected chi connectivity index (χ0v) is 12.9. The minimum absolute atomic E-state index is 0.0569. The first kappa shape index (κ1) is 15.3. The maximum atomic E-state index is 12.1. The van der Waals surface area contributed by atoms with Gasteiger partial charge in [-0.05, 0) is 26.0 Å². The van der Waals surface area contributed by atoms with Gasteiger partial charge < -0.3 is 0 Å². The maximum absolute atomic E-state index is 12.1. The van der Waals surface area contributed by atoms with Crippen molar-refractivity contribution < 1.29 is 18.0 Å². The predicted octanol–water partition coefficient (Wildman–Crippen LogP) is 1.77. The van der Waals surface area contributed by atoms with Crippen molar-refractivity contribution in [3.8, 4) is 0 Å². The van der Waals surface area contributed by atoms with Crippen molar-refractivity contribution in [2.75, 3.05) is 0 Å². The number of nitrogens with zero attached hydrogens (tertiary/aromatic N) is 1. The topological polar surface area (TPSA) is 93.2 Å². The Balaban J connectivity index is 2.22. The number of Topliss-reactive ketones (excluding diaryl/α,β-unsaturated/α-hetero) is 1. The summed E-state index contributed by atoms with van der Waals surface area (Å²) < 4.78 is 26.1. The van der Waals surface area contributed by atoms with Crippen LogP contribution in [0.4, 0.5) is 0 Å². The number of aryl methyl sites for hydroxylation is 1. The van der Waals surface area contributed by atoms with Crippen molar-refractivity contribution in [3.05, 3.63) is 45.9 Å². The molecule has 1 aromatic heterocycles. The largest absolute Gasteiger partial charge is 0.295 e. The Kier molecular flexibility index (Phi) is 4.19. The van der Waals surface area contributed by atoms with Crippen molar-refractivity contribution >= 4 is 33.1 Å². The van der Waals surface area contributed by atoms with E-state index in [9.17, 15) is 18.0 Å². The van der Waals surface area contributed by atoms with E-state index in [1.54, 1.807) is 6.92 Å². The Morgan fingerprint density at radius 2 is 1.81 bits per heavy atom. The Hall–Kier alpha value is -2.06. The Labute approximate surface area is 125 Å². The molecule has 0 saturated heterocycles. The van der Waals surface area contributed by atoms with Gasteiger partial charge in [-0.3, -0.25) is 9.59 Å². The molecule has 0 aliphatic carbocycles. The minimum Gasteiger partial charge on any atom is -0.295 e. The number of hydrogen-bond acceptors (Lipinski definition) is 6. The average molecular weight is 324 g/mol. The molecular formula is C13H12N2O4S2. The van der Waals surface area contributed by atoms with Crippen molar-refractivity contribution in [3.63, 3.8) is 0 Å². The highest BCUT2D eigenvalue weighted by Crippen LogP contribution is 2.13. The summed E-state index contributed by atoms with van der Waals surface area (Å²) in [6, 6.07) is 5.35. The van der Waals surface area contributed by atoms with Crippen molar-refractivity contribution in [1.82, 2.24) is 9.71 Å². The van der Waals surface area contributed by atoms with E-state index in [0.717, 1.165) is 0 Å². The third-order valence-corrected chi connectivity index (χ3v) is 4.77. The van der Waals surface area contributed by atoms with Crippen molar-refractivity contribution in [1.29, 1.82) is 0 Å². The lowest BCUT2D eigenvalue weighted by Gasteiger charge is -2.06. The summed E-state index contributed by atoms with van der Waals surface area (Å²) in [4.78, 5) is 26.8. The van der Waals surface area contributed by atoms with Gasteiger partial charge in [-0.2, -0.15) is 0 Å². The lowest BCUT2D eigenvalue weighted by Crippen LogP contribution is -2.30. The van der Waals surface area contributed by atoms with Gasteiger partial charge in [0.25, 0.3) is 15.9 Å². The molecule has 8 heteroatoms. The minimum atomic E-state index is -3.99. The van der Waals surface area contributed by atoms with E-state index in [1.165, 1.54) is 47.9 Å². The molecule has 1 heterocycles. The van der Waals surface area contributed by atoms with Gasteiger partial charge in [0.15, 0.2) is 5.78 Å². The molecule has 110 valence electrons. The van der Waals surface area contributed by atoms with Crippen LogP contribution in [0.15, 0.2) is 34.5 Å². The van der Waals surface area contributed by atoms with Gasteiger partial charge in [0.1, 0.15) is 5.69 Å². The summed E-state index contributed by atoms with van der Waals surface area (Å²) >= 11 is 1.26. The molecule has 0 unspecified atom stereocenters. The van der Waals surface area contributed by atoms with Gasteiger partial charge in [-0.15, -0.1) is 11.3 Å². The lowest BCUT2D eigenvalue weighted by atomic mass is 10.2. The fourth-order valence-corrected chi connectivity index (χ4v) is 3.12. The number of ketones is 1. The SMILES string of the molecule is CC(=O)c1ccc(S(=O)(=O)NC(=O)c2csc(C)n2)cc1. The summed E-state index contributed by atoms with van der Waals surface area (Å²) in [5.41, 5.74) is 0.455. The fraction of sp³-hybridized carbons (Fsp3) is 0.154. The normalized spacial score (nSPS) is 11.1. The number of hydrogen-bond donors (Lipinski definition) is 1. The first-order chi connectivity index (χ1) is 9.79. The lowest BCUT2D eigenvalue weighted by molar-refractivity contribution is 0.0975. The van der Waals surface area contributed by atoms with Gasteiger partial charge in [-0.25, -0.2) is 18.1 Å². The summed E-state index contributed by atoms with van der Waals surface area (Å²) in [6.45, 7) is 3.10. The van der Waals surface area contributed by atoms with Crippen LogP contribution >= 0.6 is 11.3 Å². The van der Waals surface area contributed by atoms with E-state index in [-0.39, 0.29) is 16.4 Å². The average Bonchev–Trinajstić information content (AvgIpc) is 2.85. The van der Waals surface area contributed by atoms with Crippen LogP contribution in [-0.4, -0.2) is 25.1 Å². The number of carbonyl (C=O) groups is 2. The zero-order chi connectivity index (χ0) is 15.6. The van der Waals surface area contributed by atoms with Crippen molar-refractivity contribution in [2.24, 2.45) is 0 Å². The molecule has 2 aromatic rings. The molecule has 21 heavy (non-hydrogen) atoms. The summed E-state index contributed by atoms with van der Waals surface area (Å²) in [5.74, 6) is -0.948. The number of rotatable bonds is 4. The highest BCUT2D eigenvalue weighted by Gasteiger charge is 2.20. The summed E-state index contributed by atoms with van der Waals surface area (Å²) in [6.07, 6.45) is 0. The summed E-state index contributed by atoms with van der Waals surface area (Å²) in [5, 5.41) is 2.15. The van der Waals surface area contributed by atoms with Crippen LogP contribution < -0.4 is 4.72 Å². The van der Waals surface area contributed by atoms with E-state index in [1.807, 2.05) is 4.72 Å². The second-order valence-corrected chi connectivity index (χ2v) is 7.01. The molecular weight excluding hydrogens is 312 g/mol. The highest BCUT2D eigenvalue weighted by atomic mass is 32.2. The van der Waals surface area contributed by atoms with E-state index in [0.29, 0.717) is 10.6 Å². The van der Waals surface area contributed by atoms with Crippen LogP contribution in [0.3, 0.4) is 0 Å². The number of sulfonamides is 1. The third-order valence-electron chi connectivity index (χ3n) is 2.65. The van der Waals surface area contributed by atoms with E-state index < -0.39 is 15.9 Å². The molecule has 1 amide bonds. The predicted molar refractivity (Wildman–Crippen MR) is 77.9 cm³/mol. The molecule has 0 saturated carbocycles. The van der Waals surface area contributed by atoms with Crippen LogP contribution in [0.25, 0.3) is 0 Å². The Morgan fingerprint density at radius 1 is 1.19 bits per heavy atom. The molecule has 0 aliphatic heterocycles. The number of thiazole rings is 1. The van der Waals surface area contributed by atoms with E-state index in [4.69, 9.17) is 0 Å². The molecule has 0 fully saturated rings. The third kappa shape index (κ3) is 3.53. The highest BCUT2D eigenvalue weighted by molar-refractivity contribution is 7.90. The van der Waals surface area contributed by atoms with Crippen LogP contribution in [0, 0.1) is 6.92 Å². The maximum Gasteiger partial charge on any atom is 0.284 e. The number of carbonyl (C=O) groups excluding carboxylic acids is 2. The van der Waals surface area contributed by atoms with Gasteiger partial charge in [-0.1, -0.05) is 12.1 Å². The second-order valence-electron chi connectivity index (χ2n) is 4.27. The molecule has 0 atom stereocenters. The van der Waals surface area contributed by atoms with Gasteiger partial charge >= 0.3 is 0 Å². The molecule has 2 rings (SSSR count). The second kappa shape index (κ2) is 5.74. The number of benzene rings is 1. The first-order valence-corrected chi connectivity index (χ1v) is 8.26. The summed E-state index contributed by atoms with van der Waals surface area (Å²) in [7, 11) is -3.99. The quantitative estimate of drug-likeness (QED) is 0.865. The zero-order valence-electron chi connectivity index (χ0n) is 11.3. The van der Waals surface area contributed by atoms with E-state index >= 15 is 0 Å². The molecule has 0 radical (unpaired) electrons. The molecule has 1 N–H and O–H groups in total. The van der Waals surface area contributed by atoms with Crippen LogP contribution in [0.5, 0.6) is 0 Å². The smallest absolute Gasteiger partial charge is 0.284 e. The van der Waals surface area contributed by atoms with Crippen molar-refractivity contribution in [2.45, 2.75) is 18.7 Å². The van der Waals surface area contributed by atoms with Gasteiger partial charge in [0.05, 0.1) is 9.90 Å². The van der Waals surface area contributed by atoms with Gasteiger partial charge in [0, 0.05) is 10.9 Å². The molecule has 0 aliphatic rings. The van der Waals surface area contributed by atoms with Crippen LogP contribution in [-0.2, 0) is 10.0 Å². The number of nitrogens with one attached hydrogen (secondary N) is 1. The molecule has 0 spiro atoms. The van der Waals surface area contributed by atoms with Gasteiger partial charge in [0.2, 0.25) is 0 Å². The van der Waals surface area contributed by atoms with E-state index in [2.05, 4.69) is 4.98 Å². The number of aromatic nitrogens is 1. The monoisotopic (exact) mass is 324 g/mol. The van der Waals surface area contributed by atoms with Crippen LogP contribution in [0.2, 0.25) is 0 Å².